The summed E-state index contributed by atoms with van der Waals surface area (Å²) in [5.74, 6) is -0.985. The highest BCUT2D eigenvalue weighted by molar-refractivity contribution is 6.31. The number of aromatic carboxylic acids is 1. The van der Waals surface area contributed by atoms with Crippen molar-refractivity contribution >= 4 is 23.3 Å². The summed E-state index contributed by atoms with van der Waals surface area (Å²) in [5, 5.41) is 12.8. The quantitative estimate of drug-likeness (QED) is 0.895. The highest BCUT2D eigenvalue weighted by Gasteiger charge is 2.13. The predicted octanol–water partition coefficient (Wildman–Crippen LogP) is 3.61. The van der Waals surface area contributed by atoms with Gasteiger partial charge in [0.25, 0.3) is 0 Å². The van der Waals surface area contributed by atoms with Crippen molar-refractivity contribution in [3.8, 4) is 0 Å². The van der Waals surface area contributed by atoms with Gasteiger partial charge in [0, 0.05) is 23.5 Å². The second-order valence-corrected chi connectivity index (χ2v) is 4.58. The van der Waals surface area contributed by atoms with E-state index in [0.717, 1.165) is 5.56 Å². The SMILES string of the molecule is CC(Nc1cc(Cl)ccc1C(=O)O)c1ccncc1. The number of benzene rings is 1. The van der Waals surface area contributed by atoms with Gasteiger partial charge in [0.2, 0.25) is 0 Å². The molecule has 2 aromatic rings. The van der Waals surface area contributed by atoms with E-state index in [-0.39, 0.29) is 11.6 Å². The number of hydrogen-bond donors (Lipinski definition) is 2. The Labute approximate surface area is 116 Å². The summed E-state index contributed by atoms with van der Waals surface area (Å²) in [6.07, 6.45) is 3.40. The Hall–Kier alpha value is -2.07. The lowest BCUT2D eigenvalue weighted by Crippen LogP contribution is -2.10. The molecule has 98 valence electrons. The number of halogens is 1. The molecular weight excluding hydrogens is 264 g/mol. The standard InChI is InChI=1S/C14H13ClN2O2/c1-9(10-4-6-16-7-5-10)17-13-8-11(15)2-3-12(13)14(18)19/h2-9,17H,1H3,(H,18,19). The fraction of sp³-hybridized carbons (Fsp3) is 0.143. The van der Waals surface area contributed by atoms with E-state index in [4.69, 9.17) is 16.7 Å². The maximum atomic E-state index is 11.2. The van der Waals surface area contributed by atoms with Crippen molar-refractivity contribution in [2.24, 2.45) is 0 Å². The number of carbonyl (C=O) groups is 1. The van der Waals surface area contributed by atoms with E-state index >= 15 is 0 Å². The maximum Gasteiger partial charge on any atom is 0.337 e. The average Bonchev–Trinajstić information content (AvgIpc) is 2.39. The molecule has 4 nitrogen and oxygen atoms in total. The summed E-state index contributed by atoms with van der Waals surface area (Å²) < 4.78 is 0. The van der Waals surface area contributed by atoms with Crippen LogP contribution in [0.25, 0.3) is 0 Å². The van der Waals surface area contributed by atoms with Gasteiger partial charge in [0.15, 0.2) is 0 Å². The summed E-state index contributed by atoms with van der Waals surface area (Å²) >= 11 is 5.91. The van der Waals surface area contributed by atoms with Crippen LogP contribution in [0.5, 0.6) is 0 Å². The molecule has 0 aliphatic carbocycles. The largest absolute Gasteiger partial charge is 0.478 e. The van der Waals surface area contributed by atoms with Gasteiger partial charge in [0.1, 0.15) is 0 Å². The molecule has 0 saturated carbocycles. The first kappa shape index (κ1) is 13.4. The molecule has 1 aromatic carbocycles. The molecule has 2 rings (SSSR count). The van der Waals surface area contributed by atoms with Crippen molar-refractivity contribution in [3.63, 3.8) is 0 Å². The van der Waals surface area contributed by atoms with Gasteiger partial charge in [-0.25, -0.2) is 4.79 Å². The van der Waals surface area contributed by atoms with Crippen LogP contribution in [0.1, 0.15) is 28.9 Å². The topological polar surface area (TPSA) is 62.2 Å². The molecule has 0 radical (unpaired) electrons. The smallest absolute Gasteiger partial charge is 0.337 e. The van der Waals surface area contributed by atoms with E-state index in [2.05, 4.69) is 10.3 Å². The number of aromatic nitrogens is 1. The van der Waals surface area contributed by atoms with Crippen molar-refractivity contribution < 1.29 is 9.90 Å². The molecule has 19 heavy (non-hydrogen) atoms. The number of anilines is 1. The number of pyridine rings is 1. The third-order valence-corrected chi connectivity index (χ3v) is 3.03. The van der Waals surface area contributed by atoms with E-state index in [0.29, 0.717) is 10.7 Å². The first-order chi connectivity index (χ1) is 9.08. The first-order valence-corrected chi connectivity index (χ1v) is 6.15. The van der Waals surface area contributed by atoms with Crippen molar-refractivity contribution in [2.75, 3.05) is 5.32 Å². The zero-order chi connectivity index (χ0) is 13.8. The normalized spacial score (nSPS) is 11.9. The molecule has 5 heteroatoms. The van der Waals surface area contributed by atoms with Crippen LogP contribution in [-0.4, -0.2) is 16.1 Å². The molecule has 1 heterocycles. The van der Waals surface area contributed by atoms with Gasteiger partial charge in [0.05, 0.1) is 11.3 Å². The summed E-state index contributed by atoms with van der Waals surface area (Å²) in [5.41, 5.74) is 1.72. The molecule has 1 aromatic heterocycles. The van der Waals surface area contributed by atoms with Crippen molar-refractivity contribution in [1.82, 2.24) is 4.98 Å². The molecule has 1 atom stereocenters. The van der Waals surface area contributed by atoms with Crippen LogP contribution in [0, 0.1) is 0 Å². The van der Waals surface area contributed by atoms with Crippen LogP contribution >= 0.6 is 11.6 Å². The van der Waals surface area contributed by atoms with Crippen LogP contribution in [0.2, 0.25) is 5.02 Å². The number of hydrogen-bond acceptors (Lipinski definition) is 3. The lowest BCUT2D eigenvalue weighted by Gasteiger charge is -2.17. The van der Waals surface area contributed by atoms with Gasteiger partial charge in [-0.2, -0.15) is 0 Å². The van der Waals surface area contributed by atoms with Crippen LogP contribution in [0.4, 0.5) is 5.69 Å². The summed E-state index contributed by atoms with van der Waals surface area (Å²) in [7, 11) is 0. The maximum absolute atomic E-state index is 11.2. The zero-order valence-electron chi connectivity index (χ0n) is 10.3. The molecule has 0 saturated heterocycles. The Kier molecular flexibility index (Phi) is 4.02. The van der Waals surface area contributed by atoms with Gasteiger partial charge in [-0.15, -0.1) is 0 Å². The highest BCUT2D eigenvalue weighted by Crippen LogP contribution is 2.25. The predicted molar refractivity (Wildman–Crippen MR) is 74.7 cm³/mol. The van der Waals surface area contributed by atoms with Gasteiger partial charge in [-0.1, -0.05) is 11.6 Å². The van der Waals surface area contributed by atoms with Gasteiger partial charge < -0.3 is 10.4 Å². The summed E-state index contributed by atoms with van der Waals surface area (Å²) in [4.78, 5) is 15.1. The Bertz CT molecular complexity index is 587. The summed E-state index contributed by atoms with van der Waals surface area (Å²) in [6, 6.07) is 8.38. The van der Waals surface area contributed by atoms with Gasteiger partial charge >= 0.3 is 5.97 Å². The van der Waals surface area contributed by atoms with Crippen LogP contribution < -0.4 is 5.32 Å². The fourth-order valence-corrected chi connectivity index (χ4v) is 1.96. The average molecular weight is 277 g/mol. The Morgan fingerprint density at radius 2 is 2.00 bits per heavy atom. The van der Waals surface area contributed by atoms with E-state index in [1.165, 1.54) is 6.07 Å². The van der Waals surface area contributed by atoms with E-state index in [9.17, 15) is 4.79 Å². The first-order valence-electron chi connectivity index (χ1n) is 5.77. The zero-order valence-corrected chi connectivity index (χ0v) is 11.1. The number of nitrogens with one attached hydrogen (secondary N) is 1. The number of rotatable bonds is 4. The van der Waals surface area contributed by atoms with E-state index in [1.54, 1.807) is 24.5 Å². The number of carboxylic acid groups (broad SMARTS) is 1. The third kappa shape index (κ3) is 3.23. The number of nitrogens with zero attached hydrogens (tertiary/aromatic N) is 1. The van der Waals surface area contributed by atoms with Crippen molar-refractivity contribution in [2.45, 2.75) is 13.0 Å². The fourth-order valence-electron chi connectivity index (χ4n) is 1.79. The third-order valence-electron chi connectivity index (χ3n) is 2.79. The lowest BCUT2D eigenvalue weighted by molar-refractivity contribution is 0.0698. The minimum Gasteiger partial charge on any atom is -0.478 e. The molecular formula is C14H13ClN2O2. The molecule has 0 aliphatic rings. The van der Waals surface area contributed by atoms with Crippen LogP contribution in [0.15, 0.2) is 42.7 Å². The molecule has 0 fully saturated rings. The molecule has 1 unspecified atom stereocenters. The highest BCUT2D eigenvalue weighted by atomic mass is 35.5. The minimum absolute atomic E-state index is 0.0421. The van der Waals surface area contributed by atoms with Crippen molar-refractivity contribution in [1.29, 1.82) is 0 Å². The van der Waals surface area contributed by atoms with E-state index < -0.39 is 5.97 Å². The van der Waals surface area contributed by atoms with Crippen LogP contribution in [0.3, 0.4) is 0 Å². The second-order valence-electron chi connectivity index (χ2n) is 4.14. The molecule has 2 N–H and O–H groups in total. The minimum atomic E-state index is -0.985. The second kappa shape index (κ2) is 5.71. The molecule has 0 aliphatic heterocycles. The van der Waals surface area contributed by atoms with Gasteiger partial charge in [-0.3, -0.25) is 4.98 Å². The Morgan fingerprint density at radius 1 is 1.32 bits per heavy atom. The van der Waals surface area contributed by atoms with Crippen LogP contribution in [-0.2, 0) is 0 Å². The number of carboxylic acids is 1. The monoisotopic (exact) mass is 276 g/mol. The molecule has 0 spiro atoms. The summed E-state index contributed by atoms with van der Waals surface area (Å²) in [6.45, 7) is 1.95. The molecule has 0 bridgehead atoms. The molecule has 0 amide bonds. The van der Waals surface area contributed by atoms with Crippen molar-refractivity contribution in [3.05, 3.63) is 58.9 Å². The lowest BCUT2D eigenvalue weighted by atomic mass is 10.1. The Balaban J connectivity index is 2.28. The van der Waals surface area contributed by atoms with Gasteiger partial charge in [-0.05, 0) is 42.8 Å². The van der Waals surface area contributed by atoms with E-state index in [1.807, 2.05) is 19.1 Å². The Morgan fingerprint density at radius 3 is 2.63 bits per heavy atom.